The molecule has 0 saturated heterocycles. The van der Waals surface area contributed by atoms with Gasteiger partial charge < -0.3 is 5.11 Å². The minimum Gasteiger partial charge on any atom is -0.388 e. The molecule has 1 amide bonds. The molecule has 0 aliphatic carbocycles. The Hall–Kier alpha value is -2.87. The van der Waals surface area contributed by atoms with Crippen LogP contribution in [0, 0.1) is 6.92 Å². The standard InChI is InChI=1S/C17H14N8O2S3/c1-9-2-3-10(6-18-9)28-11-4-5-13(29-16-19-8-20-24-16)22-14(11)15(27)23-17-21-12(7-26)25-30-17/h2-6,8,26H,7H2,1H3,(H,19,20,24)(H,21,23,25,27). The first-order chi connectivity index (χ1) is 14.6. The van der Waals surface area contributed by atoms with Gasteiger partial charge in [0.05, 0.1) is 0 Å². The number of nitrogens with one attached hydrogen (secondary N) is 2. The molecule has 10 nitrogen and oxygen atoms in total. The van der Waals surface area contributed by atoms with E-state index in [9.17, 15) is 4.79 Å². The van der Waals surface area contributed by atoms with Crippen LogP contribution >= 0.6 is 35.1 Å². The number of hydrogen-bond donors (Lipinski definition) is 3. The predicted molar refractivity (Wildman–Crippen MR) is 112 cm³/mol. The quantitative estimate of drug-likeness (QED) is 0.378. The summed E-state index contributed by atoms with van der Waals surface area (Å²) in [7, 11) is 0. The van der Waals surface area contributed by atoms with Crippen molar-refractivity contribution in [3.05, 3.63) is 54.0 Å². The van der Waals surface area contributed by atoms with Crippen LogP contribution in [-0.4, -0.2) is 45.5 Å². The molecule has 0 aliphatic rings. The van der Waals surface area contributed by atoms with E-state index in [-0.39, 0.29) is 23.3 Å². The summed E-state index contributed by atoms with van der Waals surface area (Å²) >= 11 is 3.63. The smallest absolute Gasteiger partial charge is 0.277 e. The summed E-state index contributed by atoms with van der Waals surface area (Å²) in [5.41, 5.74) is 1.14. The molecule has 4 rings (SSSR count). The zero-order chi connectivity index (χ0) is 20.9. The molecule has 13 heteroatoms. The van der Waals surface area contributed by atoms with Gasteiger partial charge in [0.1, 0.15) is 23.7 Å². The van der Waals surface area contributed by atoms with Crippen molar-refractivity contribution in [3.8, 4) is 0 Å². The van der Waals surface area contributed by atoms with Crippen molar-refractivity contribution in [3.63, 3.8) is 0 Å². The molecule has 4 aromatic rings. The summed E-state index contributed by atoms with van der Waals surface area (Å²) in [6, 6.07) is 7.47. The van der Waals surface area contributed by atoms with Crippen LogP contribution in [0.3, 0.4) is 0 Å². The molecule has 152 valence electrons. The van der Waals surface area contributed by atoms with E-state index < -0.39 is 5.91 Å². The number of nitrogens with zero attached hydrogens (tertiary/aromatic N) is 6. The molecule has 4 aromatic heterocycles. The third-order valence-corrected chi connectivity index (χ3v) is 6.11. The van der Waals surface area contributed by atoms with E-state index >= 15 is 0 Å². The second-order valence-electron chi connectivity index (χ2n) is 5.75. The molecule has 4 heterocycles. The summed E-state index contributed by atoms with van der Waals surface area (Å²) in [5.74, 6) is -0.184. The Labute approximate surface area is 183 Å². The Morgan fingerprint density at radius 2 is 2.10 bits per heavy atom. The molecule has 0 radical (unpaired) electrons. The summed E-state index contributed by atoms with van der Waals surface area (Å²) < 4.78 is 3.96. The van der Waals surface area contributed by atoms with Gasteiger partial charge in [0.25, 0.3) is 5.91 Å². The number of aromatic nitrogens is 7. The van der Waals surface area contributed by atoms with Gasteiger partial charge >= 0.3 is 0 Å². The van der Waals surface area contributed by atoms with E-state index in [1.54, 1.807) is 6.20 Å². The Morgan fingerprint density at radius 3 is 2.80 bits per heavy atom. The largest absolute Gasteiger partial charge is 0.388 e. The first-order valence-corrected chi connectivity index (χ1v) is 10.9. The number of carbonyl (C=O) groups excluding carboxylic acids is 1. The first-order valence-electron chi connectivity index (χ1n) is 8.50. The first kappa shape index (κ1) is 20.4. The van der Waals surface area contributed by atoms with Crippen LogP contribution in [-0.2, 0) is 6.61 Å². The lowest BCUT2D eigenvalue weighted by atomic mass is 10.3. The van der Waals surface area contributed by atoms with Crippen LogP contribution < -0.4 is 5.32 Å². The molecule has 0 atom stereocenters. The van der Waals surface area contributed by atoms with Gasteiger partial charge in [0, 0.05) is 33.2 Å². The Morgan fingerprint density at radius 1 is 1.20 bits per heavy atom. The van der Waals surface area contributed by atoms with Crippen LogP contribution in [0.25, 0.3) is 0 Å². The summed E-state index contributed by atoms with van der Waals surface area (Å²) in [6.45, 7) is 1.61. The van der Waals surface area contributed by atoms with E-state index in [0.717, 1.165) is 22.1 Å². The van der Waals surface area contributed by atoms with Crippen molar-refractivity contribution < 1.29 is 9.90 Å². The number of H-pyrrole nitrogens is 1. The SMILES string of the molecule is Cc1ccc(Sc2ccc(Sc3ncn[nH]3)nc2C(=O)Nc2nc(CO)ns2)cn1. The normalized spacial score (nSPS) is 10.9. The number of aliphatic hydroxyl groups excluding tert-OH is 1. The number of aromatic amines is 1. The fourth-order valence-corrected chi connectivity index (χ4v) is 4.35. The van der Waals surface area contributed by atoms with Gasteiger partial charge in [-0.1, -0.05) is 11.8 Å². The Balaban J connectivity index is 1.63. The second-order valence-corrected chi connectivity index (χ2v) is 8.63. The van der Waals surface area contributed by atoms with Crippen molar-refractivity contribution in [2.24, 2.45) is 0 Å². The van der Waals surface area contributed by atoms with Crippen LogP contribution in [0.15, 0.2) is 56.8 Å². The third-order valence-electron chi connectivity index (χ3n) is 3.58. The van der Waals surface area contributed by atoms with Crippen molar-refractivity contribution >= 4 is 46.1 Å². The molecule has 0 aliphatic heterocycles. The van der Waals surface area contributed by atoms with Gasteiger partial charge in [-0.05, 0) is 43.0 Å². The average molecular weight is 459 g/mol. The molecule has 3 N–H and O–H groups in total. The molecule has 30 heavy (non-hydrogen) atoms. The molecular weight excluding hydrogens is 444 g/mol. The number of amides is 1. The maximum Gasteiger partial charge on any atom is 0.277 e. The highest BCUT2D eigenvalue weighted by Gasteiger charge is 2.18. The zero-order valence-corrected chi connectivity index (χ0v) is 17.9. The number of rotatable bonds is 7. The lowest BCUT2D eigenvalue weighted by Gasteiger charge is -2.09. The number of hydrogen-bond acceptors (Lipinski definition) is 11. The topological polar surface area (TPSA) is 142 Å². The summed E-state index contributed by atoms with van der Waals surface area (Å²) in [6.07, 6.45) is 3.15. The number of aryl methyl sites for hydroxylation is 1. The summed E-state index contributed by atoms with van der Waals surface area (Å²) in [4.78, 5) is 31.4. The van der Waals surface area contributed by atoms with Crippen LogP contribution in [0.5, 0.6) is 0 Å². The molecule has 0 unspecified atom stereocenters. The molecule has 0 fully saturated rings. The van der Waals surface area contributed by atoms with Crippen molar-refractivity contribution in [1.29, 1.82) is 0 Å². The third kappa shape index (κ3) is 4.99. The highest BCUT2D eigenvalue weighted by Crippen LogP contribution is 2.32. The van der Waals surface area contributed by atoms with Crippen LogP contribution in [0.2, 0.25) is 0 Å². The van der Waals surface area contributed by atoms with E-state index in [2.05, 4.69) is 39.8 Å². The maximum atomic E-state index is 13.0. The summed E-state index contributed by atoms with van der Waals surface area (Å²) in [5, 5.41) is 19.8. The fraction of sp³-hybridized carbons (Fsp3) is 0.118. The van der Waals surface area contributed by atoms with Gasteiger partial charge in [-0.2, -0.15) is 9.47 Å². The van der Waals surface area contributed by atoms with Crippen molar-refractivity contribution in [1.82, 2.24) is 34.5 Å². The fourth-order valence-electron chi connectivity index (χ4n) is 2.24. The minimum absolute atomic E-state index is 0.228. The molecular formula is C17H14N8O2S3. The van der Waals surface area contributed by atoms with Gasteiger partial charge in [0.2, 0.25) is 5.13 Å². The lowest BCUT2D eigenvalue weighted by molar-refractivity contribution is 0.101. The minimum atomic E-state index is -0.432. The van der Waals surface area contributed by atoms with Crippen molar-refractivity contribution in [2.75, 3.05) is 5.32 Å². The predicted octanol–water partition coefficient (Wildman–Crippen LogP) is 2.80. The number of anilines is 1. The highest BCUT2D eigenvalue weighted by molar-refractivity contribution is 7.99. The van der Waals surface area contributed by atoms with Crippen LogP contribution in [0.1, 0.15) is 22.0 Å². The number of carbonyl (C=O) groups is 1. The Kier molecular flexibility index (Phi) is 6.32. The molecule has 0 bridgehead atoms. The molecule has 0 spiro atoms. The highest BCUT2D eigenvalue weighted by atomic mass is 32.2. The number of aliphatic hydroxyl groups is 1. The Bertz CT molecular complexity index is 1150. The lowest BCUT2D eigenvalue weighted by Crippen LogP contribution is -2.15. The van der Waals surface area contributed by atoms with E-state index in [1.165, 1.54) is 29.9 Å². The average Bonchev–Trinajstić information content (AvgIpc) is 3.42. The van der Waals surface area contributed by atoms with Gasteiger partial charge in [-0.25, -0.2) is 15.0 Å². The monoisotopic (exact) mass is 458 g/mol. The maximum absolute atomic E-state index is 13.0. The van der Waals surface area contributed by atoms with Gasteiger partial charge in [-0.3, -0.25) is 20.2 Å². The number of pyridine rings is 2. The van der Waals surface area contributed by atoms with E-state index in [0.29, 0.717) is 15.1 Å². The van der Waals surface area contributed by atoms with Crippen molar-refractivity contribution in [2.45, 2.75) is 33.5 Å². The zero-order valence-electron chi connectivity index (χ0n) is 15.4. The van der Waals surface area contributed by atoms with Gasteiger partial charge in [-0.15, -0.1) is 0 Å². The van der Waals surface area contributed by atoms with E-state index in [1.807, 2.05) is 31.2 Å². The second kappa shape index (κ2) is 9.30. The van der Waals surface area contributed by atoms with E-state index in [4.69, 9.17) is 5.11 Å². The van der Waals surface area contributed by atoms with Crippen LogP contribution in [0.4, 0.5) is 5.13 Å². The molecule has 0 saturated carbocycles. The van der Waals surface area contributed by atoms with Gasteiger partial charge in [0.15, 0.2) is 11.0 Å². The molecule has 0 aromatic carbocycles.